The first-order valence-electron chi connectivity index (χ1n) is 6.69. The molecular formula is C19H14S2. The summed E-state index contributed by atoms with van der Waals surface area (Å²) in [5, 5.41) is 4.18. The first-order chi connectivity index (χ1) is 10.3. The number of hydrogen-bond acceptors (Lipinski definition) is 2. The van der Waals surface area contributed by atoms with E-state index in [0.29, 0.717) is 0 Å². The molecule has 3 rings (SSSR count). The van der Waals surface area contributed by atoms with E-state index in [1.54, 1.807) is 22.7 Å². The highest BCUT2D eigenvalue weighted by molar-refractivity contribution is 7.12. The Morgan fingerprint density at radius 1 is 0.952 bits per heavy atom. The van der Waals surface area contributed by atoms with Gasteiger partial charge in [-0.05, 0) is 48.0 Å². The highest BCUT2D eigenvalue weighted by atomic mass is 32.1. The van der Waals surface area contributed by atoms with Crippen LogP contribution in [0.25, 0.3) is 11.6 Å². The van der Waals surface area contributed by atoms with Gasteiger partial charge in [-0.2, -0.15) is 0 Å². The van der Waals surface area contributed by atoms with Crippen molar-refractivity contribution in [2.24, 2.45) is 0 Å². The summed E-state index contributed by atoms with van der Waals surface area (Å²) in [5.74, 6) is 6.59. The van der Waals surface area contributed by atoms with Gasteiger partial charge >= 0.3 is 0 Å². The Morgan fingerprint density at radius 2 is 1.71 bits per heavy atom. The maximum atomic E-state index is 3.32. The minimum absolute atomic E-state index is 1.05. The maximum Gasteiger partial charge on any atom is 0.0435 e. The van der Waals surface area contributed by atoms with Crippen molar-refractivity contribution >= 4 is 34.3 Å². The second-order valence-corrected chi connectivity index (χ2v) is 6.59. The fourth-order valence-electron chi connectivity index (χ4n) is 1.89. The van der Waals surface area contributed by atoms with Crippen LogP contribution in [0.4, 0.5) is 0 Å². The van der Waals surface area contributed by atoms with Gasteiger partial charge in [0.1, 0.15) is 0 Å². The van der Waals surface area contributed by atoms with Crippen LogP contribution in [0.15, 0.2) is 59.3 Å². The zero-order valence-electron chi connectivity index (χ0n) is 11.7. The minimum atomic E-state index is 1.05. The Morgan fingerprint density at radius 3 is 2.38 bits per heavy atom. The van der Waals surface area contributed by atoms with Crippen LogP contribution in [0.5, 0.6) is 0 Å². The van der Waals surface area contributed by atoms with E-state index in [4.69, 9.17) is 0 Å². The molecule has 0 amide bonds. The molecule has 0 aliphatic carbocycles. The van der Waals surface area contributed by atoms with Crippen molar-refractivity contribution in [1.29, 1.82) is 0 Å². The number of allylic oxidation sites excluding steroid dienone is 1. The molecular weight excluding hydrogens is 292 g/mol. The van der Waals surface area contributed by atoms with Crippen LogP contribution in [0.1, 0.15) is 20.9 Å². The van der Waals surface area contributed by atoms with E-state index in [1.807, 2.05) is 0 Å². The van der Waals surface area contributed by atoms with Gasteiger partial charge in [0, 0.05) is 20.9 Å². The van der Waals surface area contributed by atoms with Gasteiger partial charge in [-0.25, -0.2) is 0 Å². The molecule has 0 unspecified atom stereocenters. The van der Waals surface area contributed by atoms with E-state index in [0.717, 1.165) is 11.1 Å². The Hall–Kier alpha value is -2.08. The lowest BCUT2D eigenvalue weighted by atomic mass is 10.1. The predicted molar refractivity (Wildman–Crippen MR) is 94.6 cm³/mol. The number of rotatable bonds is 2. The van der Waals surface area contributed by atoms with Gasteiger partial charge in [0.2, 0.25) is 0 Å². The Kier molecular flexibility index (Phi) is 4.35. The fraction of sp³-hybridized carbons (Fsp3) is 0.0526. The molecule has 0 aliphatic heterocycles. The first kappa shape index (κ1) is 13.9. The molecule has 21 heavy (non-hydrogen) atoms. The molecule has 0 spiro atoms. The van der Waals surface area contributed by atoms with Gasteiger partial charge in [-0.3, -0.25) is 0 Å². The summed E-state index contributed by atoms with van der Waals surface area (Å²) in [6.45, 7) is 2.09. The van der Waals surface area contributed by atoms with Crippen LogP contribution >= 0.6 is 22.7 Å². The molecule has 102 valence electrons. The van der Waals surface area contributed by atoms with Gasteiger partial charge < -0.3 is 0 Å². The van der Waals surface area contributed by atoms with Crippen molar-refractivity contribution in [3.8, 4) is 11.8 Å². The standard InChI is InChI=1S/C19H14S2/c1-15-6-8-16(9-7-15)10-11-17(19-5-3-13-21-19)14-18-4-2-12-20-18/h2-9,12-14H,1H3/b17-14-. The van der Waals surface area contributed by atoms with E-state index >= 15 is 0 Å². The summed E-state index contributed by atoms with van der Waals surface area (Å²) >= 11 is 3.46. The Bertz CT molecular complexity index is 778. The molecule has 0 saturated heterocycles. The van der Waals surface area contributed by atoms with Gasteiger partial charge in [0.25, 0.3) is 0 Å². The highest BCUT2D eigenvalue weighted by Crippen LogP contribution is 2.24. The summed E-state index contributed by atoms with van der Waals surface area (Å²) in [6, 6.07) is 16.7. The molecule has 0 saturated carbocycles. The molecule has 0 aliphatic rings. The van der Waals surface area contributed by atoms with Crippen LogP contribution in [0.2, 0.25) is 0 Å². The fourth-order valence-corrected chi connectivity index (χ4v) is 3.25. The van der Waals surface area contributed by atoms with E-state index in [-0.39, 0.29) is 0 Å². The summed E-state index contributed by atoms with van der Waals surface area (Å²) in [7, 11) is 0. The van der Waals surface area contributed by atoms with E-state index in [2.05, 4.69) is 84.1 Å². The Balaban J connectivity index is 1.96. The predicted octanol–water partition coefficient (Wildman–Crippen LogP) is 5.71. The van der Waals surface area contributed by atoms with E-state index < -0.39 is 0 Å². The van der Waals surface area contributed by atoms with Crippen molar-refractivity contribution in [3.63, 3.8) is 0 Å². The van der Waals surface area contributed by atoms with E-state index in [9.17, 15) is 0 Å². The van der Waals surface area contributed by atoms with Crippen molar-refractivity contribution in [1.82, 2.24) is 0 Å². The number of aryl methyl sites for hydroxylation is 1. The molecule has 0 N–H and O–H groups in total. The van der Waals surface area contributed by atoms with Gasteiger partial charge in [0.15, 0.2) is 0 Å². The van der Waals surface area contributed by atoms with Gasteiger partial charge in [-0.15, -0.1) is 22.7 Å². The van der Waals surface area contributed by atoms with Crippen LogP contribution < -0.4 is 0 Å². The summed E-state index contributed by atoms with van der Waals surface area (Å²) in [4.78, 5) is 2.44. The van der Waals surface area contributed by atoms with E-state index in [1.165, 1.54) is 15.3 Å². The maximum absolute atomic E-state index is 3.32. The molecule has 0 atom stereocenters. The largest absolute Gasteiger partial charge is 0.144 e. The molecule has 2 heterocycles. The third-order valence-corrected chi connectivity index (χ3v) is 4.73. The molecule has 2 aromatic heterocycles. The summed E-state index contributed by atoms with van der Waals surface area (Å²) in [5.41, 5.74) is 3.38. The van der Waals surface area contributed by atoms with Crippen molar-refractivity contribution in [2.75, 3.05) is 0 Å². The van der Waals surface area contributed by atoms with Crippen molar-refractivity contribution in [3.05, 3.63) is 80.2 Å². The Labute approximate surface area is 133 Å². The topological polar surface area (TPSA) is 0 Å². The minimum Gasteiger partial charge on any atom is -0.144 e. The van der Waals surface area contributed by atoms with Crippen LogP contribution in [-0.4, -0.2) is 0 Å². The van der Waals surface area contributed by atoms with Gasteiger partial charge in [-0.1, -0.05) is 41.7 Å². The normalized spacial score (nSPS) is 11.0. The molecule has 0 bridgehead atoms. The third-order valence-electron chi connectivity index (χ3n) is 3.01. The zero-order chi connectivity index (χ0) is 14.5. The first-order valence-corrected chi connectivity index (χ1v) is 8.45. The van der Waals surface area contributed by atoms with Crippen molar-refractivity contribution in [2.45, 2.75) is 6.92 Å². The number of hydrogen-bond donors (Lipinski definition) is 0. The van der Waals surface area contributed by atoms with Crippen LogP contribution in [0, 0.1) is 18.8 Å². The molecule has 3 aromatic rings. The molecule has 0 radical (unpaired) electrons. The second kappa shape index (κ2) is 6.58. The number of benzene rings is 1. The lowest BCUT2D eigenvalue weighted by Crippen LogP contribution is -1.78. The average molecular weight is 306 g/mol. The van der Waals surface area contributed by atoms with Crippen LogP contribution in [-0.2, 0) is 0 Å². The lowest BCUT2D eigenvalue weighted by molar-refractivity contribution is 1.46. The molecule has 2 heteroatoms. The molecule has 1 aromatic carbocycles. The smallest absolute Gasteiger partial charge is 0.0435 e. The number of thiophene rings is 2. The summed E-state index contributed by atoms with van der Waals surface area (Å²) in [6.07, 6.45) is 2.16. The van der Waals surface area contributed by atoms with Gasteiger partial charge in [0.05, 0.1) is 0 Å². The third kappa shape index (κ3) is 3.72. The zero-order valence-corrected chi connectivity index (χ0v) is 13.3. The van der Waals surface area contributed by atoms with Crippen LogP contribution in [0.3, 0.4) is 0 Å². The average Bonchev–Trinajstić information content (AvgIpc) is 3.18. The molecule has 0 fully saturated rings. The molecule has 0 nitrogen and oxygen atoms in total. The highest BCUT2D eigenvalue weighted by Gasteiger charge is 2.00. The monoisotopic (exact) mass is 306 g/mol. The van der Waals surface area contributed by atoms with Crippen molar-refractivity contribution < 1.29 is 0 Å². The summed E-state index contributed by atoms with van der Waals surface area (Å²) < 4.78 is 0. The second-order valence-electron chi connectivity index (χ2n) is 4.67. The lowest BCUT2D eigenvalue weighted by Gasteiger charge is -1.96. The quantitative estimate of drug-likeness (QED) is 0.532. The SMILES string of the molecule is Cc1ccc(C#C/C(=C/c2cccs2)c2cccs2)cc1.